The zero-order valence-electron chi connectivity index (χ0n) is 11.8. The number of carbonyl (C=O) groups is 1. The maximum Gasteiger partial charge on any atom is 0.257 e. The number of nitrogens with two attached hydrogens (primary N) is 1. The first kappa shape index (κ1) is 13.8. The van der Waals surface area contributed by atoms with Crippen molar-refractivity contribution in [3.05, 3.63) is 23.9 Å². The summed E-state index contributed by atoms with van der Waals surface area (Å²) in [5, 5.41) is 0. The Hall–Kier alpha value is -1.58. The summed E-state index contributed by atoms with van der Waals surface area (Å²) in [7, 11) is 0. The number of hydrogen-bond donors (Lipinski definition) is 1. The first-order chi connectivity index (χ1) is 9.09. The van der Waals surface area contributed by atoms with Crippen LogP contribution >= 0.6 is 0 Å². The van der Waals surface area contributed by atoms with Gasteiger partial charge in [-0.05, 0) is 43.2 Å². The molecule has 1 saturated heterocycles. The summed E-state index contributed by atoms with van der Waals surface area (Å²) in [6.07, 6.45) is 4.99. The molecule has 4 nitrogen and oxygen atoms in total. The zero-order valence-corrected chi connectivity index (χ0v) is 11.8. The van der Waals surface area contributed by atoms with E-state index >= 15 is 0 Å². The van der Waals surface area contributed by atoms with Crippen molar-refractivity contribution < 1.29 is 4.79 Å². The molecule has 104 valence electrons. The second kappa shape index (κ2) is 6.04. The normalized spacial score (nSPS) is 20.4. The molecule has 1 aromatic rings. The van der Waals surface area contributed by atoms with E-state index in [2.05, 4.69) is 18.8 Å². The van der Waals surface area contributed by atoms with Gasteiger partial charge in [0, 0.05) is 19.3 Å². The van der Waals surface area contributed by atoms with Crippen LogP contribution in [-0.2, 0) is 0 Å². The van der Waals surface area contributed by atoms with E-state index < -0.39 is 0 Å². The molecular formula is C15H23N3O. The van der Waals surface area contributed by atoms with Crippen LogP contribution in [-0.4, -0.2) is 28.9 Å². The molecule has 0 bridgehead atoms. The lowest BCUT2D eigenvalue weighted by molar-refractivity contribution is 0.0759. The van der Waals surface area contributed by atoms with Crippen molar-refractivity contribution in [2.45, 2.75) is 33.1 Å². The highest BCUT2D eigenvalue weighted by Gasteiger charge is 2.24. The molecule has 0 radical (unpaired) electrons. The van der Waals surface area contributed by atoms with Crippen LogP contribution in [0.3, 0.4) is 0 Å². The number of likely N-dealkylation sites (tertiary alicyclic amines) is 1. The summed E-state index contributed by atoms with van der Waals surface area (Å²) < 4.78 is 0. The van der Waals surface area contributed by atoms with Gasteiger partial charge in [-0.25, -0.2) is 4.98 Å². The number of carbonyl (C=O) groups excluding carboxylic acids is 1. The van der Waals surface area contributed by atoms with Gasteiger partial charge < -0.3 is 10.6 Å². The summed E-state index contributed by atoms with van der Waals surface area (Å²) in [6.45, 7) is 6.19. The first-order valence-electron chi connectivity index (χ1n) is 7.09. The molecule has 1 fully saturated rings. The molecule has 19 heavy (non-hydrogen) atoms. The highest BCUT2D eigenvalue weighted by atomic mass is 16.2. The van der Waals surface area contributed by atoms with Gasteiger partial charge in [-0.15, -0.1) is 0 Å². The molecule has 0 saturated carbocycles. The molecule has 1 aromatic heterocycles. The number of nitrogens with zero attached hydrogens (tertiary/aromatic N) is 2. The van der Waals surface area contributed by atoms with Gasteiger partial charge in [0.15, 0.2) is 0 Å². The van der Waals surface area contributed by atoms with Crippen molar-refractivity contribution in [1.29, 1.82) is 0 Å². The summed E-state index contributed by atoms with van der Waals surface area (Å²) in [5.74, 6) is 1.77. The minimum Gasteiger partial charge on any atom is -0.383 e. The van der Waals surface area contributed by atoms with E-state index in [0.29, 0.717) is 17.3 Å². The van der Waals surface area contributed by atoms with E-state index in [1.54, 1.807) is 18.3 Å². The van der Waals surface area contributed by atoms with Gasteiger partial charge in [0.2, 0.25) is 0 Å². The SMILES string of the molecule is CC(C)C1CCCN(C(=O)c2cccnc2N)CC1. The Bertz CT molecular complexity index is 445. The van der Waals surface area contributed by atoms with Gasteiger partial charge in [-0.2, -0.15) is 0 Å². The van der Waals surface area contributed by atoms with E-state index in [-0.39, 0.29) is 5.91 Å². The molecule has 1 amide bonds. The summed E-state index contributed by atoms with van der Waals surface area (Å²) >= 11 is 0. The minimum atomic E-state index is 0.0232. The number of hydrogen-bond acceptors (Lipinski definition) is 3. The van der Waals surface area contributed by atoms with Crippen LogP contribution < -0.4 is 5.73 Å². The molecule has 1 atom stereocenters. The number of aromatic nitrogens is 1. The average Bonchev–Trinajstić information content (AvgIpc) is 2.64. The van der Waals surface area contributed by atoms with Gasteiger partial charge in [-0.3, -0.25) is 4.79 Å². The second-order valence-electron chi connectivity index (χ2n) is 5.66. The molecule has 0 spiro atoms. The van der Waals surface area contributed by atoms with E-state index in [1.165, 1.54) is 6.42 Å². The molecule has 4 heteroatoms. The molecule has 2 heterocycles. The van der Waals surface area contributed by atoms with Crippen molar-refractivity contribution >= 4 is 11.7 Å². The topological polar surface area (TPSA) is 59.2 Å². The molecule has 0 aliphatic carbocycles. The number of anilines is 1. The zero-order chi connectivity index (χ0) is 13.8. The maximum absolute atomic E-state index is 12.5. The quantitative estimate of drug-likeness (QED) is 0.890. The van der Waals surface area contributed by atoms with Crippen LogP contribution in [0.1, 0.15) is 43.5 Å². The number of rotatable bonds is 2. The molecule has 1 aliphatic rings. The van der Waals surface area contributed by atoms with Crippen molar-refractivity contribution in [1.82, 2.24) is 9.88 Å². The monoisotopic (exact) mass is 261 g/mol. The third-order valence-corrected chi connectivity index (χ3v) is 4.07. The van der Waals surface area contributed by atoms with Gasteiger partial charge in [-0.1, -0.05) is 13.8 Å². The Morgan fingerprint density at radius 2 is 2.21 bits per heavy atom. The van der Waals surface area contributed by atoms with Crippen LogP contribution in [0.25, 0.3) is 0 Å². The summed E-state index contributed by atoms with van der Waals surface area (Å²) in [4.78, 5) is 18.4. The van der Waals surface area contributed by atoms with E-state index in [4.69, 9.17) is 5.73 Å². The molecule has 2 N–H and O–H groups in total. The van der Waals surface area contributed by atoms with Crippen molar-refractivity contribution in [2.75, 3.05) is 18.8 Å². The predicted molar refractivity (Wildman–Crippen MR) is 76.7 cm³/mol. The smallest absolute Gasteiger partial charge is 0.257 e. The molecule has 0 aromatic carbocycles. The lowest BCUT2D eigenvalue weighted by atomic mass is 9.89. The van der Waals surface area contributed by atoms with Crippen LogP contribution in [0.4, 0.5) is 5.82 Å². The van der Waals surface area contributed by atoms with E-state index in [9.17, 15) is 4.79 Å². The maximum atomic E-state index is 12.5. The minimum absolute atomic E-state index is 0.0232. The molecule has 2 rings (SSSR count). The Balaban J connectivity index is 2.06. The van der Waals surface area contributed by atoms with Crippen LogP contribution in [0.5, 0.6) is 0 Å². The third kappa shape index (κ3) is 3.25. The van der Waals surface area contributed by atoms with Crippen molar-refractivity contribution in [3.8, 4) is 0 Å². The van der Waals surface area contributed by atoms with Crippen LogP contribution in [0.2, 0.25) is 0 Å². The van der Waals surface area contributed by atoms with Crippen molar-refractivity contribution in [3.63, 3.8) is 0 Å². The van der Waals surface area contributed by atoms with Crippen LogP contribution in [0.15, 0.2) is 18.3 Å². The molecule has 1 aliphatic heterocycles. The van der Waals surface area contributed by atoms with Gasteiger partial charge in [0.05, 0.1) is 5.56 Å². The highest BCUT2D eigenvalue weighted by molar-refractivity contribution is 5.98. The van der Waals surface area contributed by atoms with Crippen LogP contribution in [0, 0.1) is 11.8 Å². The molecule has 1 unspecified atom stereocenters. The number of amides is 1. The molecular weight excluding hydrogens is 238 g/mol. The second-order valence-corrected chi connectivity index (χ2v) is 5.66. The Morgan fingerprint density at radius 1 is 1.42 bits per heavy atom. The largest absolute Gasteiger partial charge is 0.383 e. The average molecular weight is 261 g/mol. The van der Waals surface area contributed by atoms with Gasteiger partial charge in [0.1, 0.15) is 5.82 Å². The fraction of sp³-hybridized carbons (Fsp3) is 0.600. The number of nitrogen functional groups attached to an aromatic ring is 1. The fourth-order valence-corrected chi connectivity index (χ4v) is 2.76. The van der Waals surface area contributed by atoms with E-state index in [0.717, 1.165) is 31.8 Å². The highest BCUT2D eigenvalue weighted by Crippen LogP contribution is 2.25. The summed E-state index contributed by atoms with van der Waals surface area (Å²) in [6, 6.07) is 3.52. The Kier molecular flexibility index (Phi) is 4.40. The fourth-order valence-electron chi connectivity index (χ4n) is 2.76. The van der Waals surface area contributed by atoms with E-state index in [1.807, 2.05) is 4.90 Å². The predicted octanol–water partition coefficient (Wildman–Crippen LogP) is 2.56. The standard InChI is InChI=1S/C15H23N3O/c1-11(2)12-5-4-9-18(10-7-12)15(19)13-6-3-8-17-14(13)16/h3,6,8,11-12H,4-5,7,9-10H2,1-2H3,(H2,16,17). The van der Waals surface area contributed by atoms with Gasteiger partial charge >= 0.3 is 0 Å². The van der Waals surface area contributed by atoms with Crippen molar-refractivity contribution in [2.24, 2.45) is 11.8 Å². The van der Waals surface area contributed by atoms with Gasteiger partial charge in [0.25, 0.3) is 5.91 Å². The lowest BCUT2D eigenvalue weighted by Crippen LogP contribution is -2.32. The summed E-state index contributed by atoms with van der Waals surface area (Å²) in [5.41, 5.74) is 6.32. The lowest BCUT2D eigenvalue weighted by Gasteiger charge is -2.22. The number of pyridine rings is 1. The Labute approximate surface area is 115 Å². The Morgan fingerprint density at radius 3 is 2.89 bits per heavy atom. The third-order valence-electron chi connectivity index (χ3n) is 4.07. The first-order valence-corrected chi connectivity index (χ1v) is 7.09.